The van der Waals surface area contributed by atoms with Crippen LogP contribution in [0.1, 0.15) is 25.0 Å². The van der Waals surface area contributed by atoms with E-state index in [9.17, 15) is 19.7 Å². The predicted molar refractivity (Wildman–Crippen MR) is 148 cm³/mol. The first-order valence-electron chi connectivity index (χ1n) is 12.5. The molecule has 1 aromatic heterocycles. The number of H-pyrrole nitrogens is 1. The molecule has 0 fully saturated rings. The van der Waals surface area contributed by atoms with Crippen molar-refractivity contribution in [2.75, 3.05) is 18.4 Å². The smallest absolute Gasteiger partial charge is 0.322 e. The molecular weight excluding hydrogens is 482 g/mol. The first kappa shape index (κ1) is 26.4. The molecule has 0 spiro atoms. The van der Waals surface area contributed by atoms with Crippen molar-refractivity contribution >= 4 is 34.2 Å². The number of rotatable bonds is 10. The molecule has 0 saturated heterocycles. The number of benzene rings is 3. The van der Waals surface area contributed by atoms with E-state index in [4.69, 9.17) is 0 Å². The molecule has 38 heavy (non-hydrogen) atoms. The Kier molecular flexibility index (Phi) is 8.37. The van der Waals surface area contributed by atoms with Gasteiger partial charge in [-0.05, 0) is 49.6 Å². The maximum Gasteiger partial charge on any atom is 0.322 e. The number of carbonyl (C=O) groups is 2. The number of anilines is 1. The number of carbonyl (C=O) groups excluding carboxylic acids is 2. The van der Waals surface area contributed by atoms with Crippen molar-refractivity contribution in [3.8, 4) is 0 Å². The fraction of sp³-hybridized carbons (Fsp3) is 0.241. The Morgan fingerprint density at radius 2 is 1.66 bits per heavy atom. The minimum absolute atomic E-state index is 0.0642. The highest BCUT2D eigenvalue weighted by Gasteiger charge is 2.24. The summed E-state index contributed by atoms with van der Waals surface area (Å²) in [6.45, 7) is 4.51. The summed E-state index contributed by atoms with van der Waals surface area (Å²) in [5.41, 5.74) is 3.54. The number of hydrogen-bond acceptors (Lipinski definition) is 4. The monoisotopic (exact) mass is 513 g/mol. The predicted octanol–water partition coefficient (Wildman–Crippen LogP) is 5.59. The Labute approximate surface area is 221 Å². The van der Waals surface area contributed by atoms with E-state index in [1.54, 1.807) is 4.90 Å². The van der Waals surface area contributed by atoms with Crippen LogP contribution in [0.4, 0.5) is 16.2 Å². The van der Waals surface area contributed by atoms with Crippen LogP contribution in [0.25, 0.3) is 10.9 Å². The van der Waals surface area contributed by atoms with Crippen LogP contribution in [-0.2, 0) is 17.8 Å². The zero-order chi connectivity index (χ0) is 27.1. The van der Waals surface area contributed by atoms with Gasteiger partial charge in [0.15, 0.2) is 0 Å². The molecule has 0 saturated carbocycles. The third-order valence-electron chi connectivity index (χ3n) is 6.41. The van der Waals surface area contributed by atoms with E-state index >= 15 is 0 Å². The Bertz CT molecular complexity index is 1400. The number of aromatic amines is 1. The molecule has 4 rings (SSSR count). The SMILES string of the molecule is CC(C)N(CC(=O)N(CCc1c[nH]c2ccccc12)Cc1ccccc1)C(=O)Nc1ccc([N+](=O)[O-])cc1. The lowest BCUT2D eigenvalue weighted by Crippen LogP contribution is -2.47. The van der Waals surface area contributed by atoms with Crippen LogP contribution in [-0.4, -0.2) is 50.8 Å². The minimum atomic E-state index is -0.498. The van der Waals surface area contributed by atoms with Crippen LogP contribution in [0.15, 0.2) is 85.1 Å². The van der Waals surface area contributed by atoms with Crippen LogP contribution < -0.4 is 5.32 Å². The fourth-order valence-corrected chi connectivity index (χ4v) is 4.29. The summed E-state index contributed by atoms with van der Waals surface area (Å²) in [5.74, 6) is -0.166. The lowest BCUT2D eigenvalue weighted by Gasteiger charge is -2.30. The molecule has 3 amide bonds. The molecule has 9 heteroatoms. The Morgan fingerprint density at radius 1 is 0.974 bits per heavy atom. The Hall–Kier alpha value is -4.66. The molecule has 0 aliphatic rings. The largest absolute Gasteiger partial charge is 0.361 e. The summed E-state index contributed by atoms with van der Waals surface area (Å²) in [5, 5.41) is 14.8. The molecule has 0 aliphatic heterocycles. The number of nitrogens with zero attached hydrogens (tertiary/aromatic N) is 3. The van der Waals surface area contributed by atoms with Gasteiger partial charge in [0.05, 0.1) is 4.92 Å². The number of amides is 3. The van der Waals surface area contributed by atoms with Crippen molar-refractivity contribution in [2.45, 2.75) is 32.9 Å². The van der Waals surface area contributed by atoms with Gasteiger partial charge in [-0.3, -0.25) is 14.9 Å². The standard InChI is InChI=1S/C29H31N5O4/c1-21(2)33(29(36)31-24-12-14-25(15-13-24)34(37)38)20-28(35)32(19-22-8-4-3-5-9-22)17-16-23-18-30-27-11-7-6-10-26(23)27/h3-15,18,21,30H,16-17,19-20H2,1-2H3,(H,31,36). The number of nitrogens with one attached hydrogen (secondary N) is 2. The number of fused-ring (bicyclic) bond motifs is 1. The van der Waals surface area contributed by atoms with Crippen molar-refractivity contribution in [1.82, 2.24) is 14.8 Å². The average Bonchev–Trinajstić information content (AvgIpc) is 3.33. The van der Waals surface area contributed by atoms with Gasteiger partial charge in [-0.25, -0.2) is 4.79 Å². The lowest BCUT2D eigenvalue weighted by atomic mass is 10.1. The van der Waals surface area contributed by atoms with Crippen LogP contribution in [0.2, 0.25) is 0 Å². The second-order valence-corrected chi connectivity index (χ2v) is 9.37. The molecule has 0 radical (unpaired) electrons. The summed E-state index contributed by atoms with van der Waals surface area (Å²) < 4.78 is 0. The molecule has 196 valence electrons. The van der Waals surface area contributed by atoms with E-state index in [2.05, 4.69) is 16.4 Å². The third-order valence-corrected chi connectivity index (χ3v) is 6.41. The number of para-hydroxylation sites is 1. The lowest BCUT2D eigenvalue weighted by molar-refractivity contribution is -0.384. The maximum absolute atomic E-state index is 13.6. The van der Waals surface area contributed by atoms with Gasteiger partial charge in [0.2, 0.25) is 5.91 Å². The molecule has 1 heterocycles. The van der Waals surface area contributed by atoms with Gasteiger partial charge in [-0.1, -0.05) is 48.5 Å². The summed E-state index contributed by atoms with van der Waals surface area (Å²) in [6.07, 6.45) is 2.65. The van der Waals surface area contributed by atoms with Crippen molar-refractivity contribution in [3.05, 3.63) is 106 Å². The average molecular weight is 514 g/mol. The summed E-state index contributed by atoms with van der Waals surface area (Å²) >= 11 is 0. The molecule has 4 aromatic rings. The topological polar surface area (TPSA) is 112 Å². The van der Waals surface area contributed by atoms with Gasteiger partial charge < -0.3 is 20.1 Å². The molecular formula is C29H31N5O4. The molecule has 0 aliphatic carbocycles. The highest BCUT2D eigenvalue weighted by molar-refractivity contribution is 5.92. The van der Waals surface area contributed by atoms with E-state index in [-0.39, 0.29) is 24.2 Å². The van der Waals surface area contributed by atoms with Crippen molar-refractivity contribution in [3.63, 3.8) is 0 Å². The van der Waals surface area contributed by atoms with E-state index in [1.165, 1.54) is 29.2 Å². The molecule has 0 unspecified atom stereocenters. The second-order valence-electron chi connectivity index (χ2n) is 9.37. The van der Waals surface area contributed by atoms with Gasteiger partial charge in [-0.2, -0.15) is 0 Å². The van der Waals surface area contributed by atoms with Gasteiger partial charge in [0.25, 0.3) is 5.69 Å². The zero-order valence-electron chi connectivity index (χ0n) is 21.5. The van der Waals surface area contributed by atoms with Crippen LogP contribution >= 0.6 is 0 Å². The van der Waals surface area contributed by atoms with E-state index in [0.29, 0.717) is 25.2 Å². The van der Waals surface area contributed by atoms with Crippen molar-refractivity contribution < 1.29 is 14.5 Å². The number of nitro groups is 1. The number of hydrogen-bond donors (Lipinski definition) is 2. The van der Waals surface area contributed by atoms with Gasteiger partial charge >= 0.3 is 6.03 Å². The van der Waals surface area contributed by atoms with Crippen molar-refractivity contribution in [2.24, 2.45) is 0 Å². The van der Waals surface area contributed by atoms with Crippen LogP contribution in [0, 0.1) is 10.1 Å². The van der Waals surface area contributed by atoms with Crippen LogP contribution in [0.5, 0.6) is 0 Å². The number of nitro benzene ring substituents is 1. The summed E-state index contributed by atoms with van der Waals surface area (Å²) in [4.78, 5) is 43.6. The highest BCUT2D eigenvalue weighted by Crippen LogP contribution is 2.20. The van der Waals surface area contributed by atoms with E-state index in [1.807, 2.05) is 68.6 Å². The Balaban J connectivity index is 1.48. The number of urea groups is 1. The molecule has 2 N–H and O–H groups in total. The van der Waals surface area contributed by atoms with Crippen molar-refractivity contribution in [1.29, 1.82) is 0 Å². The minimum Gasteiger partial charge on any atom is -0.361 e. The number of aromatic nitrogens is 1. The molecule has 0 atom stereocenters. The summed E-state index contributed by atoms with van der Waals surface area (Å²) in [7, 11) is 0. The van der Waals surface area contributed by atoms with E-state index in [0.717, 1.165) is 22.0 Å². The van der Waals surface area contributed by atoms with Crippen LogP contribution in [0.3, 0.4) is 0 Å². The maximum atomic E-state index is 13.6. The first-order valence-corrected chi connectivity index (χ1v) is 12.5. The zero-order valence-corrected chi connectivity index (χ0v) is 21.5. The second kappa shape index (κ2) is 12.1. The van der Waals surface area contributed by atoms with Gasteiger partial charge in [0, 0.05) is 54.1 Å². The molecule has 9 nitrogen and oxygen atoms in total. The van der Waals surface area contributed by atoms with Gasteiger partial charge in [0.1, 0.15) is 6.54 Å². The number of non-ortho nitro benzene ring substituents is 1. The van der Waals surface area contributed by atoms with Gasteiger partial charge in [-0.15, -0.1) is 0 Å². The molecule has 3 aromatic carbocycles. The van der Waals surface area contributed by atoms with E-state index < -0.39 is 11.0 Å². The normalized spacial score (nSPS) is 10.9. The molecule has 0 bridgehead atoms. The highest BCUT2D eigenvalue weighted by atomic mass is 16.6. The quantitative estimate of drug-likeness (QED) is 0.213. The third kappa shape index (κ3) is 6.56. The summed E-state index contributed by atoms with van der Waals surface area (Å²) in [6, 6.07) is 22.7. The Morgan fingerprint density at radius 3 is 2.34 bits per heavy atom. The first-order chi connectivity index (χ1) is 18.3. The fourth-order valence-electron chi connectivity index (χ4n) is 4.29.